The SMILES string of the molecule is C=C1OB(c2ccccc2N)OC1=C. The van der Waals surface area contributed by atoms with Crippen molar-refractivity contribution in [2.24, 2.45) is 0 Å². The predicted octanol–water partition coefficient (Wildman–Crippen LogP) is 1.04. The number of benzene rings is 1. The Morgan fingerprint density at radius 1 is 1.07 bits per heavy atom. The molecular formula is C10H10BNO2. The summed E-state index contributed by atoms with van der Waals surface area (Å²) in [5, 5.41) is 0. The quantitative estimate of drug-likeness (QED) is 0.527. The summed E-state index contributed by atoms with van der Waals surface area (Å²) in [5.41, 5.74) is 7.21. The number of para-hydroxylation sites is 1. The second-order valence-corrected chi connectivity index (χ2v) is 3.04. The van der Waals surface area contributed by atoms with Gasteiger partial charge in [0.25, 0.3) is 0 Å². The van der Waals surface area contributed by atoms with Crippen LogP contribution in [0.15, 0.2) is 48.9 Å². The third-order valence-electron chi connectivity index (χ3n) is 2.06. The summed E-state index contributed by atoms with van der Waals surface area (Å²) in [6, 6.07) is 7.39. The normalized spacial score (nSPS) is 15.3. The van der Waals surface area contributed by atoms with Gasteiger partial charge in [-0.1, -0.05) is 31.4 Å². The maximum Gasteiger partial charge on any atom is 0.634 e. The molecule has 1 aromatic rings. The summed E-state index contributed by atoms with van der Waals surface area (Å²) in [7, 11) is -0.504. The first-order chi connectivity index (χ1) is 6.68. The summed E-state index contributed by atoms with van der Waals surface area (Å²) >= 11 is 0. The van der Waals surface area contributed by atoms with Gasteiger partial charge < -0.3 is 15.0 Å². The van der Waals surface area contributed by atoms with Gasteiger partial charge in [0.15, 0.2) is 0 Å². The van der Waals surface area contributed by atoms with E-state index < -0.39 is 7.12 Å². The van der Waals surface area contributed by atoms with Crippen LogP contribution >= 0.6 is 0 Å². The van der Waals surface area contributed by atoms with E-state index in [-0.39, 0.29) is 0 Å². The van der Waals surface area contributed by atoms with Crippen LogP contribution in [0.2, 0.25) is 0 Å². The third kappa shape index (κ3) is 1.35. The number of nitrogen functional groups attached to an aromatic ring is 1. The fraction of sp³-hybridized carbons (Fsp3) is 0. The van der Waals surface area contributed by atoms with E-state index in [9.17, 15) is 0 Å². The highest BCUT2D eigenvalue weighted by molar-refractivity contribution is 6.64. The lowest BCUT2D eigenvalue weighted by Gasteiger charge is -2.06. The van der Waals surface area contributed by atoms with E-state index in [2.05, 4.69) is 13.2 Å². The lowest BCUT2D eigenvalue weighted by molar-refractivity contribution is 0.431. The Labute approximate surface area is 83.0 Å². The second kappa shape index (κ2) is 3.14. The van der Waals surface area contributed by atoms with Gasteiger partial charge in [0.05, 0.1) is 0 Å². The van der Waals surface area contributed by atoms with Gasteiger partial charge in [-0.15, -0.1) is 0 Å². The highest BCUT2D eigenvalue weighted by atomic mass is 16.6. The van der Waals surface area contributed by atoms with Crippen molar-refractivity contribution < 1.29 is 9.31 Å². The van der Waals surface area contributed by atoms with Crippen LogP contribution < -0.4 is 11.2 Å². The highest BCUT2D eigenvalue weighted by Crippen LogP contribution is 2.21. The first-order valence-corrected chi connectivity index (χ1v) is 4.24. The maximum absolute atomic E-state index is 5.77. The minimum Gasteiger partial charge on any atom is -0.520 e. The van der Waals surface area contributed by atoms with Gasteiger partial charge in [0, 0.05) is 11.2 Å². The van der Waals surface area contributed by atoms with Gasteiger partial charge in [-0.25, -0.2) is 0 Å². The molecule has 1 aromatic carbocycles. The van der Waals surface area contributed by atoms with Crippen LogP contribution in [0.4, 0.5) is 5.69 Å². The molecule has 0 unspecified atom stereocenters. The second-order valence-electron chi connectivity index (χ2n) is 3.04. The number of hydrogen-bond donors (Lipinski definition) is 1. The van der Waals surface area contributed by atoms with Crippen LogP contribution in [0.1, 0.15) is 0 Å². The number of anilines is 1. The summed E-state index contributed by atoms with van der Waals surface area (Å²) in [5.74, 6) is 0.913. The summed E-state index contributed by atoms with van der Waals surface area (Å²) < 4.78 is 10.7. The van der Waals surface area contributed by atoms with Gasteiger partial charge in [-0.3, -0.25) is 0 Å². The molecule has 1 aliphatic heterocycles. The largest absolute Gasteiger partial charge is 0.634 e. The molecule has 0 aliphatic carbocycles. The third-order valence-corrected chi connectivity index (χ3v) is 2.06. The molecule has 4 heteroatoms. The van der Waals surface area contributed by atoms with Gasteiger partial charge in [0.2, 0.25) is 0 Å². The van der Waals surface area contributed by atoms with Crippen molar-refractivity contribution in [2.75, 3.05) is 5.73 Å². The molecule has 0 aromatic heterocycles. The van der Waals surface area contributed by atoms with Crippen LogP contribution in [0, 0.1) is 0 Å². The fourth-order valence-corrected chi connectivity index (χ4v) is 1.27. The molecule has 0 atom stereocenters. The van der Waals surface area contributed by atoms with E-state index in [1.807, 2.05) is 18.2 Å². The molecule has 1 saturated heterocycles. The summed E-state index contributed by atoms with van der Waals surface area (Å²) in [6.45, 7) is 7.31. The Kier molecular flexibility index (Phi) is 1.96. The number of hydrogen-bond acceptors (Lipinski definition) is 3. The fourth-order valence-electron chi connectivity index (χ4n) is 1.27. The minimum absolute atomic E-state index is 0.457. The smallest absolute Gasteiger partial charge is 0.520 e. The monoisotopic (exact) mass is 187 g/mol. The first-order valence-electron chi connectivity index (χ1n) is 4.24. The number of rotatable bonds is 1. The lowest BCUT2D eigenvalue weighted by Crippen LogP contribution is -2.33. The predicted molar refractivity (Wildman–Crippen MR) is 56.7 cm³/mol. The van der Waals surface area contributed by atoms with E-state index in [0.717, 1.165) is 5.46 Å². The van der Waals surface area contributed by atoms with Crippen LogP contribution in [-0.4, -0.2) is 7.12 Å². The molecule has 3 nitrogen and oxygen atoms in total. The van der Waals surface area contributed by atoms with Crippen molar-refractivity contribution >= 4 is 18.3 Å². The molecule has 0 radical (unpaired) electrons. The Morgan fingerprint density at radius 2 is 1.64 bits per heavy atom. The van der Waals surface area contributed by atoms with E-state index in [4.69, 9.17) is 15.0 Å². The first kappa shape index (κ1) is 8.75. The topological polar surface area (TPSA) is 44.5 Å². The van der Waals surface area contributed by atoms with Crippen LogP contribution in [0.5, 0.6) is 0 Å². The highest BCUT2D eigenvalue weighted by Gasteiger charge is 2.35. The van der Waals surface area contributed by atoms with Gasteiger partial charge in [-0.2, -0.15) is 0 Å². The zero-order chi connectivity index (χ0) is 10.1. The minimum atomic E-state index is -0.504. The molecule has 0 saturated carbocycles. The molecule has 1 heterocycles. The molecule has 0 spiro atoms. The zero-order valence-electron chi connectivity index (χ0n) is 7.69. The summed E-state index contributed by atoms with van der Waals surface area (Å²) in [6.07, 6.45) is 0. The van der Waals surface area contributed by atoms with Crippen molar-refractivity contribution in [3.8, 4) is 0 Å². The molecule has 14 heavy (non-hydrogen) atoms. The van der Waals surface area contributed by atoms with Crippen molar-refractivity contribution in [1.29, 1.82) is 0 Å². The molecule has 70 valence electrons. The molecular weight excluding hydrogens is 177 g/mol. The summed E-state index contributed by atoms with van der Waals surface area (Å²) in [4.78, 5) is 0. The van der Waals surface area contributed by atoms with Crippen molar-refractivity contribution in [3.63, 3.8) is 0 Å². The van der Waals surface area contributed by atoms with Gasteiger partial charge in [0.1, 0.15) is 11.5 Å². The van der Waals surface area contributed by atoms with E-state index >= 15 is 0 Å². The average molecular weight is 187 g/mol. The Balaban J connectivity index is 2.30. The Hall–Kier alpha value is -1.84. The van der Waals surface area contributed by atoms with Gasteiger partial charge in [-0.05, 0) is 6.07 Å². The molecule has 1 aliphatic rings. The Bertz CT molecular complexity index is 387. The average Bonchev–Trinajstić information content (AvgIpc) is 2.48. The van der Waals surface area contributed by atoms with Gasteiger partial charge >= 0.3 is 7.12 Å². The molecule has 2 N–H and O–H groups in total. The van der Waals surface area contributed by atoms with Crippen molar-refractivity contribution in [1.82, 2.24) is 0 Å². The van der Waals surface area contributed by atoms with Crippen LogP contribution in [-0.2, 0) is 9.31 Å². The maximum atomic E-state index is 5.77. The van der Waals surface area contributed by atoms with Crippen LogP contribution in [0.25, 0.3) is 0 Å². The van der Waals surface area contributed by atoms with Crippen LogP contribution in [0.3, 0.4) is 0 Å². The van der Waals surface area contributed by atoms with Crippen molar-refractivity contribution in [3.05, 3.63) is 48.9 Å². The standard InChI is InChI=1S/C10H10BNO2/c1-7-8(2)14-11(13-7)9-5-3-4-6-10(9)12/h3-6H,1-2,12H2. The molecule has 0 bridgehead atoms. The van der Waals surface area contributed by atoms with E-state index in [0.29, 0.717) is 17.2 Å². The number of nitrogens with two attached hydrogens (primary N) is 1. The van der Waals surface area contributed by atoms with Crippen molar-refractivity contribution in [2.45, 2.75) is 0 Å². The Morgan fingerprint density at radius 3 is 2.21 bits per heavy atom. The van der Waals surface area contributed by atoms with E-state index in [1.54, 1.807) is 6.07 Å². The van der Waals surface area contributed by atoms with E-state index in [1.165, 1.54) is 0 Å². The molecule has 2 rings (SSSR count). The lowest BCUT2D eigenvalue weighted by atomic mass is 9.78. The molecule has 0 amide bonds. The molecule has 1 fully saturated rings. The zero-order valence-corrected chi connectivity index (χ0v) is 7.69.